The minimum absolute atomic E-state index is 0.0374. The standard InChI is InChI=1S/C27H32F2N4O3/c1-5-35-25-15-23-19(14-24(25)33-11-9-32(10-12-33)17(3)4)26(20(16-30-23)27(34)36-6-2)31-22-8-7-18(28)13-21(22)29/h7-8,13-17H,5-6,9-12H2,1-4H3,(H,30,31). The smallest absolute Gasteiger partial charge is 0.341 e. The van der Waals surface area contributed by atoms with Crippen molar-refractivity contribution in [3.63, 3.8) is 0 Å². The molecule has 7 nitrogen and oxygen atoms in total. The van der Waals surface area contributed by atoms with Gasteiger partial charge in [-0.05, 0) is 45.9 Å². The lowest BCUT2D eigenvalue weighted by Crippen LogP contribution is -2.49. The number of hydrogen-bond acceptors (Lipinski definition) is 7. The lowest BCUT2D eigenvalue weighted by molar-refractivity contribution is 0.0527. The summed E-state index contributed by atoms with van der Waals surface area (Å²) in [4.78, 5) is 22.0. The van der Waals surface area contributed by atoms with Crippen molar-refractivity contribution in [2.24, 2.45) is 0 Å². The van der Waals surface area contributed by atoms with Crippen molar-refractivity contribution in [1.29, 1.82) is 0 Å². The van der Waals surface area contributed by atoms with Crippen molar-refractivity contribution in [2.75, 3.05) is 49.6 Å². The van der Waals surface area contributed by atoms with E-state index in [1.165, 1.54) is 12.3 Å². The Kier molecular flexibility index (Phi) is 7.88. The molecule has 192 valence electrons. The number of fused-ring (bicyclic) bond motifs is 1. The monoisotopic (exact) mass is 498 g/mol. The van der Waals surface area contributed by atoms with Crippen molar-refractivity contribution >= 4 is 33.9 Å². The normalized spacial score (nSPS) is 14.4. The average molecular weight is 499 g/mol. The van der Waals surface area contributed by atoms with Crippen molar-refractivity contribution in [3.8, 4) is 5.75 Å². The van der Waals surface area contributed by atoms with E-state index in [2.05, 4.69) is 33.9 Å². The van der Waals surface area contributed by atoms with Crippen LogP contribution in [-0.2, 0) is 4.74 Å². The van der Waals surface area contributed by atoms with Crippen LogP contribution in [0.15, 0.2) is 36.5 Å². The Hall–Kier alpha value is -3.46. The number of pyridine rings is 1. The highest BCUT2D eigenvalue weighted by Crippen LogP contribution is 2.39. The van der Waals surface area contributed by atoms with Gasteiger partial charge in [-0.1, -0.05) is 0 Å². The summed E-state index contributed by atoms with van der Waals surface area (Å²) in [5.41, 5.74) is 1.98. The fourth-order valence-corrected chi connectivity index (χ4v) is 4.43. The van der Waals surface area contributed by atoms with E-state index in [0.29, 0.717) is 35.0 Å². The van der Waals surface area contributed by atoms with E-state index in [9.17, 15) is 13.6 Å². The summed E-state index contributed by atoms with van der Waals surface area (Å²) < 4.78 is 39.3. The van der Waals surface area contributed by atoms with Crippen LogP contribution in [0.4, 0.5) is 25.8 Å². The molecule has 36 heavy (non-hydrogen) atoms. The summed E-state index contributed by atoms with van der Waals surface area (Å²) in [7, 11) is 0. The SMILES string of the molecule is CCOC(=O)c1cnc2cc(OCC)c(N3CCN(C(C)C)CC3)cc2c1Nc1ccc(F)cc1F. The van der Waals surface area contributed by atoms with Gasteiger partial charge in [0.15, 0.2) is 0 Å². The minimum Gasteiger partial charge on any atom is -0.492 e. The molecule has 9 heteroatoms. The van der Waals surface area contributed by atoms with E-state index < -0.39 is 17.6 Å². The first-order valence-electron chi connectivity index (χ1n) is 12.3. The number of halogens is 2. The predicted molar refractivity (Wildman–Crippen MR) is 137 cm³/mol. The summed E-state index contributed by atoms with van der Waals surface area (Å²) in [6.45, 7) is 12.1. The Bertz CT molecular complexity index is 1240. The number of nitrogens with zero attached hydrogens (tertiary/aromatic N) is 3. The van der Waals surface area contributed by atoms with E-state index in [1.54, 1.807) is 6.92 Å². The fourth-order valence-electron chi connectivity index (χ4n) is 4.43. The Morgan fingerprint density at radius 1 is 1.08 bits per heavy atom. The molecule has 1 aliphatic rings. The number of ether oxygens (including phenoxy) is 2. The van der Waals surface area contributed by atoms with Crippen LogP contribution in [0.3, 0.4) is 0 Å². The molecule has 0 spiro atoms. The van der Waals surface area contributed by atoms with E-state index in [4.69, 9.17) is 9.47 Å². The number of carbonyl (C=O) groups is 1. The number of anilines is 3. The highest BCUT2D eigenvalue weighted by Gasteiger charge is 2.24. The Morgan fingerprint density at radius 3 is 2.47 bits per heavy atom. The molecule has 2 aromatic carbocycles. The molecule has 0 aliphatic carbocycles. The van der Waals surface area contributed by atoms with E-state index in [0.717, 1.165) is 44.0 Å². The average Bonchev–Trinajstić information content (AvgIpc) is 2.85. The van der Waals surface area contributed by atoms with Gasteiger partial charge in [0.1, 0.15) is 22.9 Å². The zero-order chi connectivity index (χ0) is 25.8. The maximum absolute atomic E-state index is 14.6. The Balaban J connectivity index is 1.85. The van der Waals surface area contributed by atoms with Crippen LogP contribution in [0, 0.1) is 11.6 Å². The second-order valence-corrected chi connectivity index (χ2v) is 8.90. The predicted octanol–water partition coefficient (Wildman–Crippen LogP) is 5.36. The summed E-state index contributed by atoms with van der Waals surface area (Å²) in [5, 5.41) is 3.61. The first kappa shape index (κ1) is 25.6. The van der Waals surface area contributed by atoms with Gasteiger partial charge in [0.2, 0.25) is 0 Å². The number of piperazine rings is 1. The molecule has 0 radical (unpaired) electrons. The second kappa shape index (κ2) is 11.1. The van der Waals surface area contributed by atoms with E-state index in [1.807, 2.05) is 19.1 Å². The highest BCUT2D eigenvalue weighted by atomic mass is 19.1. The molecule has 0 atom stereocenters. The van der Waals surface area contributed by atoms with Gasteiger partial charge in [-0.25, -0.2) is 13.6 Å². The topological polar surface area (TPSA) is 66.9 Å². The third-order valence-electron chi connectivity index (χ3n) is 6.32. The van der Waals surface area contributed by atoms with Crippen LogP contribution in [0.2, 0.25) is 0 Å². The number of benzene rings is 2. The Morgan fingerprint density at radius 2 is 1.83 bits per heavy atom. The zero-order valence-corrected chi connectivity index (χ0v) is 21.1. The summed E-state index contributed by atoms with van der Waals surface area (Å²) in [6.07, 6.45) is 1.40. The van der Waals surface area contributed by atoms with Crippen LogP contribution in [0.5, 0.6) is 5.75 Å². The van der Waals surface area contributed by atoms with Crippen molar-refractivity contribution in [1.82, 2.24) is 9.88 Å². The summed E-state index contributed by atoms with van der Waals surface area (Å²) in [5.74, 6) is -1.35. The number of hydrogen-bond donors (Lipinski definition) is 1. The largest absolute Gasteiger partial charge is 0.492 e. The first-order valence-corrected chi connectivity index (χ1v) is 12.3. The molecule has 1 N–H and O–H groups in total. The van der Waals surface area contributed by atoms with Crippen LogP contribution >= 0.6 is 0 Å². The number of aromatic nitrogens is 1. The van der Waals surface area contributed by atoms with Crippen molar-refractivity contribution < 1.29 is 23.0 Å². The lowest BCUT2D eigenvalue weighted by atomic mass is 10.1. The van der Waals surface area contributed by atoms with Gasteiger partial charge in [-0.3, -0.25) is 9.88 Å². The first-order chi connectivity index (χ1) is 17.3. The van der Waals surface area contributed by atoms with Crippen LogP contribution in [0.25, 0.3) is 10.9 Å². The van der Waals surface area contributed by atoms with E-state index >= 15 is 0 Å². The van der Waals surface area contributed by atoms with Crippen molar-refractivity contribution in [3.05, 3.63) is 53.7 Å². The molecule has 1 aliphatic heterocycles. The van der Waals surface area contributed by atoms with Crippen LogP contribution in [-0.4, -0.2) is 61.3 Å². The van der Waals surface area contributed by atoms with Gasteiger partial charge in [0.25, 0.3) is 0 Å². The third-order valence-corrected chi connectivity index (χ3v) is 6.32. The summed E-state index contributed by atoms with van der Waals surface area (Å²) >= 11 is 0. The highest BCUT2D eigenvalue weighted by molar-refractivity contribution is 6.07. The molecule has 3 aromatic rings. The number of esters is 1. The maximum atomic E-state index is 14.6. The van der Waals surface area contributed by atoms with Gasteiger partial charge < -0.3 is 19.7 Å². The second-order valence-electron chi connectivity index (χ2n) is 8.90. The zero-order valence-electron chi connectivity index (χ0n) is 21.1. The maximum Gasteiger partial charge on any atom is 0.341 e. The molecule has 1 fully saturated rings. The quantitative estimate of drug-likeness (QED) is 0.419. The molecular formula is C27H32F2N4O3. The molecule has 2 heterocycles. The van der Waals surface area contributed by atoms with Gasteiger partial charge in [-0.15, -0.1) is 0 Å². The molecule has 0 bridgehead atoms. The van der Waals surface area contributed by atoms with Gasteiger partial charge in [-0.2, -0.15) is 0 Å². The molecule has 1 aromatic heterocycles. The molecule has 1 saturated heterocycles. The molecule has 4 rings (SSSR count). The van der Waals surface area contributed by atoms with Crippen LogP contribution in [0.1, 0.15) is 38.1 Å². The fraction of sp³-hybridized carbons (Fsp3) is 0.407. The van der Waals surface area contributed by atoms with Gasteiger partial charge in [0.05, 0.1) is 35.8 Å². The number of carbonyl (C=O) groups excluding carboxylic acids is 1. The van der Waals surface area contributed by atoms with Crippen molar-refractivity contribution in [2.45, 2.75) is 33.7 Å². The number of rotatable bonds is 8. The molecule has 0 unspecified atom stereocenters. The van der Waals surface area contributed by atoms with E-state index in [-0.39, 0.29) is 17.9 Å². The minimum atomic E-state index is -0.772. The van der Waals surface area contributed by atoms with Gasteiger partial charge in [0, 0.05) is 55.9 Å². The molecule has 0 saturated carbocycles. The summed E-state index contributed by atoms with van der Waals surface area (Å²) in [6, 6.07) is 7.48. The Labute approximate surface area is 210 Å². The van der Waals surface area contributed by atoms with Crippen LogP contribution < -0.4 is 15.0 Å². The molecule has 0 amide bonds. The number of nitrogens with one attached hydrogen (secondary N) is 1. The van der Waals surface area contributed by atoms with Gasteiger partial charge >= 0.3 is 5.97 Å². The third kappa shape index (κ3) is 5.36. The molecular weight excluding hydrogens is 466 g/mol. The lowest BCUT2D eigenvalue weighted by Gasteiger charge is -2.38.